The van der Waals surface area contributed by atoms with Crippen LogP contribution in [-0.4, -0.2) is 25.1 Å². The Morgan fingerprint density at radius 1 is 1.00 bits per heavy atom. The van der Waals surface area contributed by atoms with E-state index in [2.05, 4.69) is 5.32 Å². The molecular formula is C22H21NO4. The van der Waals surface area contributed by atoms with E-state index >= 15 is 0 Å². The largest absolute Gasteiger partial charge is 0.480 e. The molecule has 5 nitrogen and oxygen atoms in total. The van der Waals surface area contributed by atoms with Crippen LogP contribution in [-0.2, 0) is 9.53 Å². The lowest BCUT2D eigenvalue weighted by Gasteiger charge is -2.18. The molecule has 0 heterocycles. The summed E-state index contributed by atoms with van der Waals surface area (Å²) in [6.07, 6.45) is -0.149. The van der Waals surface area contributed by atoms with Gasteiger partial charge in [-0.1, -0.05) is 49.4 Å². The van der Waals surface area contributed by atoms with Gasteiger partial charge in [0.2, 0.25) is 0 Å². The molecular weight excluding hydrogens is 342 g/mol. The number of amides is 1. The molecule has 1 N–H and O–H groups in total. The van der Waals surface area contributed by atoms with E-state index in [9.17, 15) is 9.59 Å². The van der Waals surface area contributed by atoms with E-state index in [1.54, 1.807) is 24.3 Å². The summed E-state index contributed by atoms with van der Waals surface area (Å²) in [4.78, 5) is 24.3. The first-order chi connectivity index (χ1) is 13.1. The molecule has 0 aromatic heterocycles. The number of carbonyl (C=O) groups excluding carboxylic acids is 2. The molecule has 1 unspecified atom stereocenters. The molecule has 0 aliphatic heterocycles. The topological polar surface area (TPSA) is 64.6 Å². The first-order valence-electron chi connectivity index (χ1n) is 8.76. The first-order valence-corrected chi connectivity index (χ1v) is 8.76. The Morgan fingerprint density at radius 2 is 1.74 bits per heavy atom. The molecule has 0 saturated carbocycles. The number of nitrogens with one attached hydrogen (secondary N) is 1. The van der Waals surface area contributed by atoms with Crippen LogP contribution in [0.1, 0.15) is 23.7 Å². The zero-order chi connectivity index (χ0) is 19.2. The average molecular weight is 363 g/mol. The molecule has 0 radical (unpaired) electrons. The summed E-state index contributed by atoms with van der Waals surface area (Å²) in [5, 5.41) is 4.82. The monoisotopic (exact) mass is 363 g/mol. The number of ether oxygens (including phenoxy) is 2. The van der Waals surface area contributed by atoms with E-state index < -0.39 is 12.1 Å². The summed E-state index contributed by atoms with van der Waals surface area (Å²) >= 11 is 0. The molecule has 1 amide bonds. The van der Waals surface area contributed by atoms with Crippen LogP contribution in [0.3, 0.4) is 0 Å². The highest BCUT2D eigenvalue weighted by Crippen LogP contribution is 2.26. The quantitative estimate of drug-likeness (QED) is 0.658. The molecule has 3 aromatic rings. The summed E-state index contributed by atoms with van der Waals surface area (Å²) in [5.74, 6) is -0.0593. The Kier molecular flexibility index (Phi) is 5.71. The fraction of sp³-hybridized carbons (Fsp3) is 0.182. The van der Waals surface area contributed by atoms with Crippen molar-refractivity contribution in [2.24, 2.45) is 0 Å². The molecule has 3 rings (SSSR count). The minimum absolute atomic E-state index is 0.271. The number of esters is 1. The second kappa shape index (κ2) is 8.36. The fourth-order valence-electron chi connectivity index (χ4n) is 2.84. The van der Waals surface area contributed by atoms with Crippen LogP contribution in [0, 0.1) is 0 Å². The SMILES string of the molecule is CCC(Oc1cccc2ccccc12)C(=O)Nc1cccc(C(=O)OC)c1. The van der Waals surface area contributed by atoms with Gasteiger partial charge in [-0.15, -0.1) is 0 Å². The van der Waals surface area contributed by atoms with Crippen molar-refractivity contribution >= 4 is 28.3 Å². The Hall–Kier alpha value is -3.34. The van der Waals surface area contributed by atoms with Gasteiger partial charge in [0.25, 0.3) is 5.91 Å². The van der Waals surface area contributed by atoms with Crippen LogP contribution in [0.2, 0.25) is 0 Å². The predicted octanol–water partition coefficient (Wildman–Crippen LogP) is 4.42. The summed E-state index contributed by atoms with van der Waals surface area (Å²) < 4.78 is 10.7. The van der Waals surface area contributed by atoms with Crippen molar-refractivity contribution in [2.45, 2.75) is 19.4 Å². The minimum atomic E-state index is -0.655. The smallest absolute Gasteiger partial charge is 0.337 e. The highest BCUT2D eigenvalue weighted by atomic mass is 16.5. The van der Waals surface area contributed by atoms with E-state index in [-0.39, 0.29) is 5.91 Å². The lowest BCUT2D eigenvalue weighted by Crippen LogP contribution is -2.32. The number of benzene rings is 3. The van der Waals surface area contributed by atoms with Crippen molar-refractivity contribution in [1.29, 1.82) is 0 Å². The molecule has 138 valence electrons. The Balaban J connectivity index is 1.77. The van der Waals surface area contributed by atoms with Gasteiger partial charge in [0, 0.05) is 11.1 Å². The summed E-state index contributed by atoms with van der Waals surface area (Å²) in [6.45, 7) is 1.89. The van der Waals surface area contributed by atoms with E-state index in [1.165, 1.54) is 7.11 Å². The van der Waals surface area contributed by atoms with Crippen LogP contribution in [0.25, 0.3) is 10.8 Å². The van der Waals surface area contributed by atoms with Crippen LogP contribution >= 0.6 is 0 Å². The maximum Gasteiger partial charge on any atom is 0.337 e. The van der Waals surface area contributed by atoms with Gasteiger partial charge in [0.15, 0.2) is 6.10 Å². The number of carbonyl (C=O) groups is 2. The Bertz CT molecular complexity index is 962. The molecule has 27 heavy (non-hydrogen) atoms. The van der Waals surface area contributed by atoms with Gasteiger partial charge in [-0.25, -0.2) is 4.79 Å². The van der Waals surface area contributed by atoms with Gasteiger partial charge in [0.05, 0.1) is 12.7 Å². The molecule has 0 bridgehead atoms. The lowest BCUT2D eigenvalue weighted by molar-refractivity contribution is -0.122. The second-order valence-corrected chi connectivity index (χ2v) is 6.05. The average Bonchev–Trinajstić information content (AvgIpc) is 2.71. The molecule has 0 saturated heterocycles. The molecule has 3 aromatic carbocycles. The number of hydrogen-bond donors (Lipinski definition) is 1. The standard InChI is InChI=1S/C22H21NO4/c1-3-19(27-20-13-7-9-15-8-4-5-12-18(15)20)21(24)23-17-11-6-10-16(14-17)22(25)26-2/h4-14,19H,3H2,1-2H3,(H,23,24). The van der Waals surface area contributed by atoms with Gasteiger partial charge in [-0.05, 0) is 36.1 Å². The van der Waals surface area contributed by atoms with Gasteiger partial charge in [-0.3, -0.25) is 4.79 Å². The summed E-state index contributed by atoms with van der Waals surface area (Å²) in [5.41, 5.74) is 0.890. The number of anilines is 1. The third kappa shape index (κ3) is 4.26. The van der Waals surface area contributed by atoms with Crippen molar-refractivity contribution in [3.63, 3.8) is 0 Å². The predicted molar refractivity (Wildman–Crippen MR) is 105 cm³/mol. The molecule has 1 atom stereocenters. The van der Waals surface area contributed by atoms with Crippen LogP contribution in [0.15, 0.2) is 66.7 Å². The van der Waals surface area contributed by atoms with Crippen LogP contribution in [0.5, 0.6) is 5.75 Å². The van der Waals surface area contributed by atoms with Gasteiger partial charge in [-0.2, -0.15) is 0 Å². The molecule has 0 aliphatic rings. The Morgan fingerprint density at radius 3 is 2.52 bits per heavy atom. The van der Waals surface area contributed by atoms with E-state index in [0.717, 1.165) is 10.8 Å². The van der Waals surface area contributed by atoms with Crippen molar-refractivity contribution in [2.75, 3.05) is 12.4 Å². The minimum Gasteiger partial charge on any atom is -0.480 e. The summed E-state index contributed by atoms with van der Waals surface area (Å²) in [7, 11) is 1.32. The van der Waals surface area contributed by atoms with Gasteiger partial charge >= 0.3 is 5.97 Å². The van der Waals surface area contributed by atoms with E-state index in [4.69, 9.17) is 9.47 Å². The third-order valence-electron chi connectivity index (χ3n) is 4.23. The van der Waals surface area contributed by atoms with Crippen molar-refractivity contribution in [1.82, 2.24) is 0 Å². The highest BCUT2D eigenvalue weighted by molar-refractivity contribution is 5.97. The lowest BCUT2D eigenvalue weighted by atomic mass is 10.1. The fourth-order valence-corrected chi connectivity index (χ4v) is 2.84. The Labute approximate surface area is 157 Å². The first kappa shape index (κ1) is 18.5. The van der Waals surface area contributed by atoms with Crippen LogP contribution in [0.4, 0.5) is 5.69 Å². The van der Waals surface area contributed by atoms with Gasteiger partial charge in [0.1, 0.15) is 5.75 Å². The van der Waals surface area contributed by atoms with Crippen molar-refractivity contribution in [3.05, 3.63) is 72.3 Å². The zero-order valence-corrected chi connectivity index (χ0v) is 15.3. The zero-order valence-electron chi connectivity index (χ0n) is 15.3. The van der Waals surface area contributed by atoms with Crippen LogP contribution < -0.4 is 10.1 Å². The molecule has 5 heteroatoms. The maximum atomic E-state index is 12.7. The molecule has 0 fully saturated rings. The van der Waals surface area contributed by atoms with E-state index in [1.807, 2.05) is 49.4 Å². The van der Waals surface area contributed by atoms with E-state index in [0.29, 0.717) is 23.4 Å². The maximum absolute atomic E-state index is 12.7. The van der Waals surface area contributed by atoms with Crippen molar-refractivity contribution < 1.29 is 19.1 Å². The number of fused-ring (bicyclic) bond motifs is 1. The second-order valence-electron chi connectivity index (χ2n) is 6.05. The number of hydrogen-bond acceptors (Lipinski definition) is 4. The van der Waals surface area contributed by atoms with Gasteiger partial charge < -0.3 is 14.8 Å². The molecule has 0 spiro atoms. The third-order valence-corrected chi connectivity index (χ3v) is 4.23. The van der Waals surface area contributed by atoms with Crippen molar-refractivity contribution in [3.8, 4) is 5.75 Å². The normalized spacial score (nSPS) is 11.6. The number of rotatable bonds is 6. The summed E-state index contributed by atoms with van der Waals surface area (Å²) in [6, 6.07) is 20.2. The number of methoxy groups -OCH3 is 1. The highest BCUT2D eigenvalue weighted by Gasteiger charge is 2.20. The molecule has 0 aliphatic carbocycles.